The van der Waals surface area contributed by atoms with Gasteiger partial charge in [0.05, 0.1) is 12.1 Å². The summed E-state index contributed by atoms with van der Waals surface area (Å²) < 4.78 is 10.4. The van der Waals surface area contributed by atoms with Crippen LogP contribution in [0.2, 0.25) is 0 Å². The van der Waals surface area contributed by atoms with Crippen LogP contribution in [0.15, 0.2) is 0 Å². The van der Waals surface area contributed by atoms with E-state index in [-0.39, 0.29) is 11.6 Å². The minimum Gasteiger partial charge on any atom is -0.444 e. The van der Waals surface area contributed by atoms with Crippen LogP contribution in [0.5, 0.6) is 0 Å². The van der Waals surface area contributed by atoms with Gasteiger partial charge < -0.3 is 14.4 Å². The van der Waals surface area contributed by atoms with Crippen molar-refractivity contribution in [1.82, 2.24) is 4.90 Å². The molecule has 0 N–H and O–H groups in total. The van der Waals surface area contributed by atoms with Crippen LogP contribution < -0.4 is 0 Å². The molecule has 1 fully saturated rings. The largest absolute Gasteiger partial charge is 0.444 e. The zero-order chi connectivity index (χ0) is 11.7. The Morgan fingerprint density at radius 3 is 2.27 bits per heavy atom. The Bertz CT molecular complexity index is 241. The molecule has 0 saturated heterocycles. The highest BCUT2D eigenvalue weighted by atomic mass is 16.6. The molecule has 0 aromatic rings. The molecule has 1 saturated carbocycles. The first-order chi connectivity index (χ1) is 6.81. The summed E-state index contributed by atoms with van der Waals surface area (Å²) in [5, 5.41) is 0. The van der Waals surface area contributed by atoms with Gasteiger partial charge in [-0.3, -0.25) is 0 Å². The van der Waals surface area contributed by atoms with E-state index in [1.54, 1.807) is 19.1 Å². The average Bonchev–Trinajstić information content (AvgIpc) is 2.82. The van der Waals surface area contributed by atoms with Gasteiger partial charge in [0.15, 0.2) is 0 Å². The number of nitrogens with zero attached hydrogens (tertiary/aromatic N) is 1. The summed E-state index contributed by atoms with van der Waals surface area (Å²) in [7, 11) is 3.43. The number of hydrogen-bond acceptors (Lipinski definition) is 3. The Kier molecular flexibility index (Phi) is 3.28. The first-order valence-electron chi connectivity index (χ1n) is 5.26. The summed E-state index contributed by atoms with van der Waals surface area (Å²) in [4.78, 5) is 13.4. The lowest BCUT2D eigenvalue weighted by molar-refractivity contribution is 0.00847. The Morgan fingerprint density at radius 2 is 1.93 bits per heavy atom. The van der Waals surface area contributed by atoms with Crippen molar-refractivity contribution >= 4 is 6.09 Å². The van der Waals surface area contributed by atoms with Crippen molar-refractivity contribution in [2.24, 2.45) is 0 Å². The van der Waals surface area contributed by atoms with Crippen molar-refractivity contribution in [3.8, 4) is 0 Å². The summed E-state index contributed by atoms with van der Waals surface area (Å²) in [6.07, 6.45) is 1.73. The summed E-state index contributed by atoms with van der Waals surface area (Å²) in [6, 6.07) is 0. The van der Waals surface area contributed by atoms with Gasteiger partial charge in [0.2, 0.25) is 0 Å². The number of amides is 1. The predicted molar refractivity (Wildman–Crippen MR) is 57.8 cm³/mol. The number of rotatable bonds is 3. The third-order valence-corrected chi connectivity index (χ3v) is 2.62. The van der Waals surface area contributed by atoms with E-state index in [9.17, 15) is 4.79 Å². The van der Waals surface area contributed by atoms with Gasteiger partial charge in [-0.05, 0) is 33.6 Å². The van der Waals surface area contributed by atoms with Crippen LogP contribution in [0.3, 0.4) is 0 Å². The van der Waals surface area contributed by atoms with Crippen molar-refractivity contribution in [3.63, 3.8) is 0 Å². The molecular weight excluding hydrogens is 194 g/mol. The Morgan fingerprint density at radius 1 is 1.40 bits per heavy atom. The first kappa shape index (κ1) is 12.3. The van der Waals surface area contributed by atoms with Crippen LogP contribution in [0.25, 0.3) is 0 Å². The minimum atomic E-state index is -0.436. The molecule has 0 bridgehead atoms. The molecule has 1 aliphatic rings. The fraction of sp³-hybridized carbons (Fsp3) is 0.909. The Labute approximate surface area is 91.5 Å². The monoisotopic (exact) mass is 215 g/mol. The van der Waals surface area contributed by atoms with E-state index in [4.69, 9.17) is 9.47 Å². The molecule has 0 radical (unpaired) electrons. The summed E-state index contributed by atoms with van der Waals surface area (Å²) >= 11 is 0. The SMILES string of the molecule is COCC1(N(C)C(=O)OC(C)(C)C)CC1. The van der Waals surface area contributed by atoms with Gasteiger partial charge in [-0.1, -0.05) is 0 Å². The highest BCUT2D eigenvalue weighted by molar-refractivity contribution is 5.69. The van der Waals surface area contributed by atoms with Gasteiger partial charge in [0, 0.05) is 14.2 Å². The Balaban J connectivity index is 2.53. The molecule has 0 aromatic carbocycles. The van der Waals surface area contributed by atoms with E-state index in [2.05, 4.69) is 0 Å². The van der Waals surface area contributed by atoms with E-state index in [1.807, 2.05) is 20.8 Å². The maximum atomic E-state index is 11.8. The Hall–Kier alpha value is -0.770. The van der Waals surface area contributed by atoms with E-state index < -0.39 is 5.60 Å². The lowest BCUT2D eigenvalue weighted by atomic mass is 10.2. The molecular formula is C11H21NO3. The molecule has 4 heteroatoms. The highest BCUT2D eigenvalue weighted by Gasteiger charge is 2.49. The molecule has 0 aliphatic heterocycles. The van der Waals surface area contributed by atoms with Gasteiger partial charge in [-0.15, -0.1) is 0 Å². The fourth-order valence-electron chi connectivity index (χ4n) is 1.51. The number of carbonyl (C=O) groups excluding carboxylic acids is 1. The summed E-state index contributed by atoms with van der Waals surface area (Å²) in [6.45, 7) is 6.20. The fourth-order valence-corrected chi connectivity index (χ4v) is 1.51. The highest BCUT2D eigenvalue weighted by Crippen LogP contribution is 2.41. The number of methoxy groups -OCH3 is 1. The molecule has 1 rings (SSSR count). The molecule has 0 heterocycles. The standard InChI is InChI=1S/C11H21NO3/c1-10(2,3)15-9(13)12(4)11(6-7-11)8-14-5/h6-8H2,1-5H3. The third-order valence-electron chi connectivity index (χ3n) is 2.62. The van der Waals surface area contributed by atoms with Crippen LogP contribution in [-0.2, 0) is 9.47 Å². The first-order valence-corrected chi connectivity index (χ1v) is 5.26. The van der Waals surface area contributed by atoms with Crippen LogP contribution in [0.1, 0.15) is 33.6 Å². The second kappa shape index (κ2) is 4.00. The lowest BCUT2D eigenvalue weighted by Crippen LogP contribution is -2.44. The van der Waals surface area contributed by atoms with Crippen molar-refractivity contribution in [3.05, 3.63) is 0 Å². The van der Waals surface area contributed by atoms with Gasteiger partial charge >= 0.3 is 6.09 Å². The third kappa shape index (κ3) is 3.09. The van der Waals surface area contributed by atoms with Gasteiger partial charge in [0.1, 0.15) is 5.60 Å². The van der Waals surface area contributed by atoms with E-state index in [0.29, 0.717) is 6.61 Å². The summed E-state index contributed by atoms with van der Waals surface area (Å²) in [5.41, 5.74) is -0.550. The number of hydrogen-bond donors (Lipinski definition) is 0. The van der Waals surface area contributed by atoms with E-state index in [1.165, 1.54) is 0 Å². The predicted octanol–water partition coefficient (Wildman–Crippen LogP) is 2.03. The van der Waals surface area contributed by atoms with E-state index >= 15 is 0 Å². The molecule has 1 aliphatic carbocycles. The van der Waals surface area contributed by atoms with Crippen LogP contribution in [0, 0.1) is 0 Å². The maximum Gasteiger partial charge on any atom is 0.410 e. The number of carbonyl (C=O) groups is 1. The second-order valence-electron chi connectivity index (χ2n) is 5.20. The number of likely N-dealkylation sites (N-methyl/N-ethyl adjacent to an activating group) is 1. The molecule has 0 unspecified atom stereocenters. The van der Waals surface area contributed by atoms with Gasteiger partial charge in [0.25, 0.3) is 0 Å². The zero-order valence-electron chi connectivity index (χ0n) is 10.3. The molecule has 4 nitrogen and oxygen atoms in total. The number of ether oxygens (including phenoxy) is 2. The molecule has 0 aromatic heterocycles. The molecule has 88 valence electrons. The second-order valence-corrected chi connectivity index (χ2v) is 5.20. The average molecular weight is 215 g/mol. The molecule has 1 amide bonds. The molecule has 0 spiro atoms. The van der Waals surface area contributed by atoms with Crippen LogP contribution in [-0.4, -0.2) is 42.9 Å². The van der Waals surface area contributed by atoms with Gasteiger partial charge in [-0.25, -0.2) is 4.79 Å². The zero-order valence-corrected chi connectivity index (χ0v) is 10.3. The topological polar surface area (TPSA) is 38.8 Å². The molecule has 15 heavy (non-hydrogen) atoms. The van der Waals surface area contributed by atoms with Crippen molar-refractivity contribution in [2.75, 3.05) is 20.8 Å². The van der Waals surface area contributed by atoms with E-state index in [0.717, 1.165) is 12.8 Å². The lowest BCUT2D eigenvalue weighted by Gasteiger charge is -2.30. The summed E-state index contributed by atoms with van der Waals surface area (Å²) in [5.74, 6) is 0. The van der Waals surface area contributed by atoms with Crippen LogP contribution >= 0.6 is 0 Å². The molecule has 0 atom stereocenters. The quantitative estimate of drug-likeness (QED) is 0.723. The smallest absolute Gasteiger partial charge is 0.410 e. The van der Waals surface area contributed by atoms with Crippen LogP contribution in [0.4, 0.5) is 4.79 Å². The minimum absolute atomic E-state index is 0.114. The normalized spacial score (nSPS) is 18.5. The van der Waals surface area contributed by atoms with Crippen molar-refractivity contribution in [2.45, 2.75) is 44.8 Å². The van der Waals surface area contributed by atoms with Gasteiger partial charge in [-0.2, -0.15) is 0 Å². The maximum absolute atomic E-state index is 11.8. The van der Waals surface area contributed by atoms with Crippen molar-refractivity contribution < 1.29 is 14.3 Å². The van der Waals surface area contributed by atoms with Crippen molar-refractivity contribution in [1.29, 1.82) is 0 Å².